The molecule has 0 radical (unpaired) electrons. The van der Waals surface area contributed by atoms with Crippen molar-refractivity contribution < 1.29 is 5.11 Å². The lowest BCUT2D eigenvalue weighted by Gasteiger charge is -2.05. The fraction of sp³-hybridized carbons (Fsp3) is 0.333. The Labute approximate surface area is 71.2 Å². The first-order valence-corrected chi connectivity index (χ1v) is 4.08. The molecule has 1 unspecified atom stereocenters. The van der Waals surface area contributed by atoms with E-state index >= 15 is 0 Å². The SMILES string of the molecule is NCC1CNc2c(O)cccc21. The summed E-state index contributed by atoms with van der Waals surface area (Å²) in [6.07, 6.45) is 0. The van der Waals surface area contributed by atoms with Crippen LogP contribution in [0.4, 0.5) is 5.69 Å². The summed E-state index contributed by atoms with van der Waals surface area (Å²) in [5, 5.41) is 12.6. The molecule has 1 aromatic carbocycles. The van der Waals surface area contributed by atoms with Gasteiger partial charge in [-0.15, -0.1) is 0 Å². The molecular weight excluding hydrogens is 152 g/mol. The molecule has 0 aromatic heterocycles. The number of fused-ring (bicyclic) bond motifs is 1. The zero-order chi connectivity index (χ0) is 8.55. The fourth-order valence-corrected chi connectivity index (χ4v) is 1.64. The molecule has 3 heteroatoms. The van der Waals surface area contributed by atoms with E-state index < -0.39 is 0 Å². The number of aromatic hydroxyl groups is 1. The number of phenols is 1. The normalized spacial score (nSPS) is 20.2. The van der Waals surface area contributed by atoms with Gasteiger partial charge in [0, 0.05) is 19.0 Å². The van der Waals surface area contributed by atoms with Crippen LogP contribution in [0.1, 0.15) is 11.5 Å². The molecule has 0 bridgehead atoms. The number of rotatable bonds is 1. The van der Waals surface area contributed by atoms with Gasteiger partial charge in [0.25, 0.3) is 0 Å². The van der Waals surface area contributed by atoms with Gasteiger partial charge >= 0.3 is 0 Å². The molecule has 0 aliphatic carbocycles. The van der Waals surface area contributed by atoms with Crippen LogP contribution in [0.15, 0.2) is 18.2 Å². The molecule has 1 aliphatic heterocycles. The number of para-hydroxylation sites is 1. The summed E-state index contributed by atoms with van der Waals surface area (Å²) in [6.45, 7) is 1.47. The van der Waals surface area contributed by atoms with Gasteiger partial charge in [-0.3, -0.25) is 0 Å². The van der Waals surface area contributed by atoms with E-state index in [0.29, 0.717) is 18.2 Å². The molecule has 3 nitrogen and oxygen atoms in total. The number of hydrogen-bond acceptors (Lipinski definition) is 3. The highest BCUT2D eigenvalue weighted by atomic mass is 16.3. The highest BCUT2D eigenvalue weighted by molar-refractivity contribution is 5.66. The van der Waals surface area contributed by atoms with Crippen molar-refractivity contribution in [2.45, 2.75) is 5.92 Å². The summed E-state index contributed by atoms with van der Waals surface area (Å²) in [5.74, 6) is 0.676. The summed E-state index contributed by atoms with van der Waals surface area (Å²) in [4.78, 5) is 0. The van der Waals surface area contributed by atoms with Gasteiger partial charge < -0.3 is 16.2 Å². The first kappa shape index (κ1) is 7.43. The molecule has 12 heavy (non-hydrogen) atoms. The molecule has 0 saturated carbocycles. The fourth-order valence-electron chi connectivity index (χ4n) is 1.64. The van der Waals surface area contributed by atoms with Crippen molar-refractivity contribution in [1.82, 2.24) is 0 Å². The third-order valence-electron chi connectivity index (χ3n) is 2.32. The van der Waals surface area contributed by atoms with Crippen LogP contribution in [0.25, 0.3) is 0 Å². The lowest BCUT2D eigenvalue weighted by atomic mass is 10.0. The average molecular weight is 164 g/mol. The summed E-state index contributed by atoms with van der Waals surface area (Å²) >= 11 is 0. The maximum Gasteiger partial charge on any atom is 0.138 e. The van der Waals surface area contributed by atoms with Gasteiger partial charge in [0.05, 0.1) is 5.69 Å². The lowest BCUT2D eigenvalue weighted by molar-refractivity contribution is 0.477. The molecular formula is C9H12N2O. The summed E-state index contributed by atoms with van der Waals surface area (Å²) in [6, 6.07) is 5.54. The zero-order valence-corrected chi connectivity index (χ0v) is 6.75. The maximum absolute atomic E-state index is 9.44. The van der Waals surface area contributed by atoms with Crippen LogP contribution in [-0.4, -0.2) is 18.2 Å². The van der Waals surface area contributed by atoms with Crippen LogP contribution in [0.2, 0.25) is 0 Å². The molecule has 0 amide bonds. The van der Waals surface area contributed by atoms with E-state index in [1.807, 2.05) is 12.1 Å². The number of anilines is 1. The first-order chi connectivity index (χ1) is 5.83. The van der Waals surface area contributed by atoms with Gasteiger partial charge in [0.2, 0.25) is 0 Å². The second kappa shape index (κ2) is 2.68. The Morgan fingerprint density at radius 2 is 2.42 bits per heavy atom. The molecule has 1 atom stereocenters. The standard InChI is InChI=1S/C9H12N2O/c10-4-6-5-11-9-7(6)2-1-3-8(9)12/h1-3,6,11-12H,4-5,10H2. The molecule has 4 N–H and O–H groups in total. The van der Waals surface area contributed by atoms with Crippen molar-refractivity contribution in [3.8, 4) is 5.75 Å². The van der Waals surface area contributed by atoms with Crippen LogP contribution in [-0.2, 0) is 0 Å². The second-order valence-corrected chi connectivity index (χ2v) is 3.05. The van der Waals surface area contributed by atoms with Crippen molar-refractivity contribution in [1.29, 1.82) is 0 Å². The predicted molar refractivity (Wildman–Crippen MR) is 48.4 cm³/mol. The Balaban J connectivity index is 2.46. The van der Waals surface area contributed by atoms with Crippen LogP contribution in [0.3, 0.4) is 0 Å². The molecule has 0 fully saturated rings. The first-order valence-electron chi connectivity index (χ1n) is 4.08. The smallest absolute Gasteiger partial charge is 0.138 e. The molecule has 0 spiro atoms. The minimum Gasteiger partial charge on any atom is -0.506 e. The number of nitrogens with two attached hydrogens (primary N) is 1. The van der Waals surface area contributed by atoms with Crippen molar-refractivity contribution in [3.63, 3.8) is 0 Å². The van der Waals surface area contributed by atoms with E-state index in [9.17, 15) is 5.11 Å². The molecule has 1 heterocycles. The Hall–Kier alpha value is -1.22. The van der Waals surface area contributed by atoms with E-state index in [1.54, 1.807) is 6.07 Å². The highest BCUT2D eigenvalue weighted by Gasteiger charge is 2.22. The van der Waals surface area contributed by atoms with Gasteiger partial charge in [0.15, 0.2) is 0 Å². The topological polar surface area (TPSA) is 58.3 Å². The van der Waals surface area contributed by atoms with Crippen molar-refractivity contribution in [3.05, 3.63) is 23.8 Å². The number of benzene rings is 1. The van der Waals surface area contributed by atoms with E-state index in [4.69, 9.17) is 5.73 Å². The quantitative estimate of drug-likeness (QED) is 0.539. The Kier molecular flexibility index (Phi) is 1.66. The van der Waals surface area contributed by atoms with Crippen LogP contribution in [0, 0.1) is 0 Å². The molecule has 64 valence electrons. The van der Waals surface area contributed by atoms with Gasteiger partial charge in [-0.05, 0) is 11.6 Å². The monoisotopic (exact) mass is 164 g/mol. The van der Waals surface area contributed by atoms with Crippen LogP contribution in [0.5, 0.6) is 5.75 Å². The van der Waals surface area contributed by atoms with Crippen molar-refractivity contribution in [2.75, 3.05) is 18.4 Å². The third kappa shape index (κ3) is 0.940. The van der Waals surface area contributed by atoms with Gasteiger partial charge in [-0.25, -0.2) is 0 Å². The summed E-state index contributed by atoms with van der Waals surface area (Å²) in [7, 11) is 0. The molecule has 0 saturated heterocycles. The molecule has 2 rings (SSSR count). The van der Waals surface area contributed by atoms with Crippen LogP contribution >= 0.6 is 0 Å². The maximum atomic E-state index is 9.44. The van der Waals surface area contributed by atoms with E-state index in [2.05, 4.69) is 5.32 Å². The van der Waals surface area contributed by atoms with Crippen molar-refractivity contribution in [2.24, 2.45) is 5.73 Å². The van der Waals surface area contributed by atoms with Gasteiger partial charge in [0.1, 0.15) is 5.75 Å². The summed E-state index contributed by atoms with van der Waals surface area (Å²) < 4.78 is 0. The Morgan fingerprint density at radius 1 is 1.58 bits per heavy atom. The minimum atomic E-state index is 0.323. The van der Waals surface area contributed by atoms with Crippen LogP contribution < -0.4 is 11.1 Å². The minimum absolute atomic E-state index is 0.323. The van der Waals surface area contributed by atoms with Gasteiger partial charge in [-0.2, -0.15) is 0 Å². The largest absolute Gasteiger partial charge is 0.506 e. The molecule has 1 aromatic rings. The Morgan fingerprint density at radius 3 is 3.17 bits per heavy atom. The average Bonchev–Trinajstić information content (AvgIpc) is 2.49. The number of nitrogens with one attached hydrogen (secondary N) is 1. The summed E-state index contributed by atoms with van der Waals surface area (Å²) in [5.41, 5.74) is 7.57. The predicted octanol–water partition coefficient (Wildman–Crippen LogP) is 0.860. The van der Waals surface area contributed by atoms with Gasteiger partial charge in [-0.1, -0.05) is 12.1 Å². The van der Waals surface area contributed by atoms with E-state index in [-0.39, 0.29) is 0 Å². The van der Waals surface area contributed by atoms with Crippen molar-refractivity contribution >= 4 is 5.69 Å². The Bertz CT molecular complexity index is 299. The number of phenolic OH excluding ortho intramolecular Hbond substituents is 1. The van der Waals surface area contributed by atoms with E-state index in [1.165, 1.54) is 0 Å². The zero-order valence-electron chi connectivity index (χ0n) is 6.75. The highest BCUT2D eigenvalue weighted by Crippen LogP contribution is 2.36. The van der Waals surface area contributed by atoms with E-state index in [0.717, 1.165) is 17.8 Å². The third-order valence-corrected chi connectivity index (χ3v) is 2.32. The second-order valence-electron chi connectivity index (χ2n) is 3.05. The number of hydrogen-bond donors (Lipinski definition) is 3. The lowest BCUT2D eigenvalue weighted by Crippen LogP contribution is -2.13. The molecule has 1 aliphatic rings.